The highest BCUT2D eigenvalue weighted by Crippen LogP contribution is 2.39. The number of ether oxygens (including phenoxy) is 1. The molecule has 0 bridgehead atoms. The first-order valence-electron chi connectivity index (χ1n) is 11.9. The molecule has 2 heterocycles. The molecular weight excluding hydrogens is 545 g/mol. The molecule has 0 aromatic heterocycles. The Morgan fingerprint density at radius 3 is 2.39 bits per heavy atom. The van der Waals surface area contributed by atoms with Crippen LogP contribution in [0.15, 0.2) is 47.4 Å². The molecule has 2 aromatic rings. The van der Waals surface area contributed by atoms with Crippen LogP contribution in [0.2, 0.25) is 15.1 Å². The molecule has 2 aliphatic heterocycles. The maximum absolute atomic E-state index is 13.6. The molecule has 36 heavy (non-hydrogen) atoms. The monoisotopic (exact) mass is 573 g/mol. The molecule has 1 unspecified atom stereocenters. The number of carbonyl (C=O) groups is 1. The minimum Gasteiger partial charge on any atom is -0.493 e. The van der Waals surface area contributed by atoms with Gasteiger partial charge >= 0.3 is 0 Å². The minimum atomic E-state index is -3.93. The summed E-state index contributed by atoms with van der Waals surface area (Å²) >= 11 is 18.4. The Bertz CT molecular complexity index is 1190. The van der Waals surface area contributed by atoms with E-state index >= 15 is 0 Å². The van der Waals surface area contributed by atoms with Crippen LogP contribution < -0.4 is 4.74 Å². The van der Waals surface area contributed by atoms with E-state index in [1.165, 1.54) is 10.4 Å². The average molecular weight is 575 g/mol. The van der Waals surface area contributed by atoms with Crippen molar-refractivity contribution in [1.82, 2.24) is 14.1 Å². The molecule has 2 aliphatic rings. The van der Waals surface area contributed by atoms with Crippen molar-refractivity contribution in [2.45, 2.75) is 24.2 Å². The van der Waals surface area contributed by atoms with Crippen LogP contribution in [0.25, 0.3) is 0 Å². The first-order chi connectivity index (χ1) is 17.1. The number of sulfonamides is 1. The summed E-state index contributed by atoms with van der Waals surface area (Å²) in [4.78, 5) is 17.4. The maximum Gasteiger partial charge on any atom is 0.244 e. The van der Waals surface area contributed by atoms with Gasteiger partial charge in [0.1, 0.15) is 10.6 Å². The summed E-state index contributed by atoms with van der Waals surface area (Å²) in [5.41, 5.74) is -0.698. The number of likely N-dealkylation sites (N-methyl/N-ethyl adjacent to an activating group) is 1. The van der Waals surface area contributed by atoms with E-state index in [9.17, 15) is 13.2 Å². The fourth-order valence-corrected chi connectivity index (χ4v) is 7.21. The molecular formula is C25H30Cl3N3O4S. The second kappa shape index (κ2) is 11.5. The number of piperazine rings is 1. The number of hydrogen-bond donors (Lipinski definition) is 0. The first-order valence-corrected chi connectivity index (χ1v) is 14.5. The molecule has 1 amide bonds. The van der Waals surface area contributed by atoms with Gasteiger partial charge in [-0.15, -0.1) is 0 Å². The summed E-state index contributed by atoms with van der Waals surface area (Å²) in [7, 11) is -1.89. The number of hydrogen-bond acceptors (Lipinski definition) is 5. The predicted octanol–water partition coefficient (Wildman–Crippen LogP) is 4.66. The van der Waals surface area contributed by atoms with E-state index < -0.39 is 15.4 Å². The Kier molecular flexibility index (Phi) is 8.75. The minimum absolute atomic E-state index is 0.00117. The van der Waals surface area contributed by atoms with Crippen LogP contribution in [0, 0.1) is 5.41 Å². The van der Waals surface area contributed by atoms with Gasteiger partial charge in [0.25, 0.3) is 0 Å². The first kappa shape index (κ1) is 27.5. The van der Waals surface area contributed by atoms with Crippen LogP contribution in [-0.2, 0) is 14.8 Å². The number of nitrogens with zero attached hydrogens (tertiary/aromatic N) is 3. The second-order valence-electron chi connectivity index (χ2n) is 9.60. The van der Waals surface area contributed by atoms with Gasteiger partial charge in [0.2, 0.25) is 15.9 Å². The molecule has 1 atom stereocenters. The molecule has 0 spiro atoms. The highest BCUT2D eigenvalue weighted by Gasteiger charge is 2.43. The number of halogens is 3. The number of amides is 1. The van der Waals surface area contributed by atoms with Gasteiger partial charge in [0.15, 0.2) is 0 Å². The van der Waals surface area contributed by atoms with Crippen LogP contribution in [-0.4, -0.2) is 81.4 Å². The molecule has 2 aromatic carbocycles. The van der Waals surface area contributed by atoms with E-state index in [1.807, 2.05) is 11.9 Å². The lowest BCUT2D eigenvalue weighted by Crippen LogP contribution is -2.53. The number of carbonyl (C=O) groups excluding carboxylic acids is 1. The fourth-order valence-electron chi connectivity index (χ4n) is 4.76. The Morgan fingerprint density at radius 2 is 1.69 bits per heavy atom. The van der Waals surface area contributed by atoms with Crippen molar-refractivity contribution in [1.29, 1.82) is 0 Å². The van der Waals surface area contributed by atoms with E-state index in [-0.39, 0.29) is 40.4 Å². The topological polar surface area (TPSA) is 70.2 Å². The zero-order chi connectivity index (χ0) is 25.9. The van der Waals surface area contributed by atoms with E-state index in [2.05, 4.69) is 4.90 Å². The molecule has 0 aliphatic carbocycles. The van der Waals surface area contributed by atoms with Gasteiger partial charge in [-0.2, -0.15) is 4.31 Å². The Morgan fingerprint density at radius 1 is 1.00 bits per heavy atom. The Balaban J connectivity index is 1.59. The summed E-state index contributed by atoms with van der Waals surface area (Å²) in [6.07, 6.45) is 1.45. The predicted molar refractivity (Wildman–Crippen MR) is 143 cm³/mol. The highest BCUT2D eigenvalue weighted by molar-refractivity contribution is 7.89. The molecule has 7 nitrogen and oxygen atoms in total. The third-order valence-corrected chi connectivity index (χ3v) is 9.97. The maximum atomic E-state index is 13.6. The SMILES string of the molecule is CN1CCN(C(=O)CC2(COc3ccc(Cl)cc3)CCCN(S(=O)(=O)c3cccc(Cl)c3Cl)C2)CC1. The van der Waals surface area contributed by atoms with Crippen molar-refractivity contribution in [3.05, 3.63) is 57.5 Å². The molecule has 4 rings (SSSR count). The quantitative estimate of drug-likeness (QED) is 0.481. The summed E-state index contributed by atoms with van der Waals surface area (Å²) in [6.45, 7) is 3.61. The third kappa shape index (κ3) is 6.29. The zero-order valence-corrected chi connectivity index (χ0v) is 23.2. The third-order valence-electron chi connectivity index (χ3n) is 6.90. The van der Waals surface area contributed by atoms with Gasteiger partial charge in [0.05, 0.1) is 16.7 Å². The molecule has 0 radical (unpaired) electrons. The van der Waals surface area contributed by atoms with E-state index in [1.54, 1.807) is 36.4 Å². The molecule has 2 fully saturated rings. The van der Waals surface area contributed by atoms with Crippen LogP contribution in [0.1, 0.15) is 19.3 Å². The van der Waals surface area contributed by atoms with Crippen molar-refractivity contribution in [3.63, 3.8) is 0 Å². The summed E-state index contributed by atoms with van der Waals surface area (Å²) < 4.78 is 34.7. The number of piperidine rings is 1. The lowest BCUT2D eigenvalue weighted by molar-refractivity contribution is -0.136. The lowest BCUT2D eigenvalue weighted by atomic mass is 9.78. The fraction of sp³-hybridized carbons (Fsp3) is 0.480. The highest BCUT2D eigenvalue weighted by atomic mass is 35.5. The van der Waals surface area contributed by atoms with E-state index in [0.29, 0.717) is 43.2 Å². The van der Waals surface area contributed by atoms with Crippen molar-refractivity contribution < 1.29 is 17.9 Å². The standard InChI is InChI=1S/C25H30Cl3N3O4S/c1-29-12-14-30(15-13-29)23(32)16-25(18-35-20-8-6-19(26)7-9-20)10-3-11-31(17-25)36(33,34)22-5-2-4-21(27)24(22)28/h2,4-9H,3,10-18H2,1H3. The van der Waals surface area contributed by atoms with Crippen molar-refractivity contribution in [2.75, 3.05) is 52.9 Å². The van der Waals surface area contributed by atoms with Crippen molar-refractivity contribution >= 4 is 50.7 Å². The number of rotatable bonds is 7. The van der Waals surface area contributed by atoms with Crippen molar-refractivity contribution in [3.8, 4) is 5.75 Å². The Labute approximate surface area is 227 Å². The van der Waals surface area contributed by atoms with E-state index in [0.717, 1.165) is 13.1 Å². The van der Waals surface area contributed by atoms with Gasteiger partial charge < -0.3 is 14.5 Å². The van der Waals surface area contributed by atoms with Crippen LogP contribution >= 0.6 is 34.8 Å². The summed E-state index contributed by atoms with van der Waals surface area (Å²) in [6, 6.07) is 11.6. The van der Waals surface area contributed by atoms with Crippen molar-refractivity contribution in [2.24, 2.45) is 5.41 Å². The number of benzene rings is 2. The largest absolute Gasteiger partial charge is 0.493 e. The van der Waals surface area contributed by atoms with E-state index in [4.69, 9.17) is 39.5 Å². The smallest absolute Gasteiger partial charge is 0.244 e. The van der Waals surface area contributed by atoms with Crippen LogP contribution in [0.4, 0.5) is 0 Å². The van der Waals surface area contributed by atoms with Gasteiger partial charge in [0, 0.05) is 56.1 Å². The average Bonchev–Trinajstić information content (AvgIpc) is 2.86. The molecule has 0 N–H and O–H groups in total. The van der Waals surface area contributed by atoms with Gasteiger partial charge in [-0.05, 0) is 56.3 Å². The van der Waals surface area contributed by atoms with Gasteiger partial charge in [-0.3, -0.25) is 4.79 Å². The van der Waals surface area contributed by atoms with Gasteiger partial charge in [-0.25, -0.2) is 8.42 Å². The lowest BCUT2D eigenvalue weighted by Gasteiger charge is -2.43. The van der Waals surface area contributed by atoms with Crippen LogP contribution in [0.5, 0.6) is 5.75 Å². The Hall–Kier alpha value is -1.55. The molecule has 0 saturated carbocycles. The normalized spacial score (nSPS) is 21.9. The molecule has 11 heteroatoms. The van der Waals surface area contributed by atoms with Crippen LogP contribution in [0.3, 0.4) is 0 Å². The zero-order valence-electron chi connectivity index (χ0n) is 20.1. The molecule has 2 saturated heterocycles. The second-order valence-corrected chi connectivity index (χ2v) is 12.7. The summed E-state index contributed by atoms with van der Waals surface area (Å²) in [5, 5.41) is 0.772. The van der Waals surface area contributed by atoms with Gasteiger partial charge in [-0.1, -0.05) is 40.9 Å². The summed E-state index contributed by atoms with van der Waals surface area (Å²) in [5.74, 6) is 0.631. The molecule has 196 valence electrons.